The van der Waals surface area contributed by atoms with Gasteiger partial charge in [-0.1, -0.05) is 28.1 Å². The highest BCUT2D eigenvalue weighted by atomic mass is 79.9. The van der Waals surface area contributed by atoms with Crippen molar-refractivity contribution in [1.29, 1.82) is 0 Å². The van der Waals surface area contributed by atoms with Crippen molar-refractivity contribution in [2.45, 2.75) is 19.0 Å². The summed E-state index contributed by atoms with van der Waals surface area (Å²) < 4.78 is 6.20. The summed E-state index contributed by atoms with van der Waals surface area (Å²) in [6.07, 6.45) is 1.59. The molecule has 1 heterocycles. The number of halogens is 2. The van der Waals surface area contributed by atoms with E-state index < -0.39 is 5.54 Å². The highest BCUT2D eigenvalue weighted by Gasteiger charge is 2.33. The Balaban J connectivity index is 0.00000220. The lowest BCUT2D eigenvalue weighted by Gasteiger charge is -2.29. The number of hydrogen-bond acceptors (Lipinski definition) is 3. The van der Waals surface area contributed by atoms with Crippen LogP contribution in [0.15, 0.2) is 51.6 Å². The first-order valence-corrected chi connectivity index (χ1v) is 7.03. The molecule has 114 valence electrons. The topological polar surface area (TPSA) is 59.5 Å². The number of nitrogens with two attached hydrogens (primary N) is 1. The number of carbonyl (C=O) groups is 1. The second-order valence-electron chi connectivity index (χ2n) is 4.95. The van der Waals surface area contributed by atoms with Gasteiger partial charge in [-0.25, -0.2) is 0 Å². The number of amides is 1. The van der Waals surface area contributed by atoms with Gasteiger partial charge in [0.05, 0.1) is 12.8 Å². The Hall–Kier alpha value is -1.30. The molecule has 2 N–H and O–H groups in total. The molecule has 0 aliphatic heterocycles. The maximum atomic E-state index is 12.5. The third-order valence-electron chi connectivity index (χ3n) is 3.21. The summed E-state index contributed by atoms with van der Waals surface area (Å²) in [5.41, 5.74) is 5.93. The van der Waals surface area contributed by atoms with Crippen molar-refractivity contribution in [3.05, 3.63) is 58.5 Å². The number of likely N-dealkylation sites (N-methyl/N-ethyl adjacent to an activating group) is 1. The highest BCUT2D eigenvalue weighted by molar-refractivity contribution is 9.10. The van der Waals surface area contributed by atoms with E-state index >= 15 is 0 Å². The summed E-state index contributed by atoms with van der Waals surface area (Å²) in [4.78, 5) is 14.1. The standard InChI is InChI=1S/C15H17BrN2O2.ClH/c1-15(17,11-5-7-12(16)8-6-11)14(19)18(2)10-13-4-3-9-20-13;/h3-9H,10,17H2,1-2H3;1H. The van der Waals surface area contributed by atoms with Crippen LogP contribution >= 0.6 is 28.3 Å². The fraction of sp³-hybridized carbons (Fsp3) is 0.267. The van der Waals surface area contributed by atoms with Crippen LogP contribution < -0.4 is 5.73 Å². The van der Waals surface area contributed by atoms with Crippen molar-refractivity contribution in [3.8, 4) is 0 Å². The van der Waals surface area contributed by atoms with E-state index in [0.29, 0.717) is 6.54 Å². The number of rotatable bonds is 4. The summed E-state index contributed by atoms with van der Waals surface area (Å²) in [5, 5.41) is 0. The van der Waals surface area contributed by atoms with Gasteiger partial charge in [0.1, 0.15) is 11.3 Å². The Morgan fingerprint density at radius 3 is 2.48 bits per heavy atom. The minimum atomic E-state index is -1.07. The number of nitrogens with zero attached hydrogens (tertiary/aromatic N) is 1. The Labute approximate surface area is 138 Å². The van der Waals surface area contributed by atoms with Crippen LogP contribution in [0.2, 0.25) is 0 Å². The van der Waals surface area contributed by atoms with Crippen molar-refractivity contribution in [3.63, 3.8) is 0 Å². The zero-order valence-electron chi connectivity index (χ0n) is 11.9. The second kappa shape index (κ2) is 7.11. The fourth-order valence-corrected chi connectivity index (χ4v) is 2.29. The summed E-state index contributed by atoms with van der Waals surface area (Å²) in [5.74, 6) is 0.573. The molecule has 0 aliphatic carbocycles. The van der Waals surface area contributed by atoms with Gasteiger partial charge in [-0.05, 0) is 36.8 Å². The molecule has 1 aromatic heterocycles. The van der Waals surface area contributed by atoms with Gasteiger partial charge in [-0.15, -0.1) is 12.4 Å². The van der Waals surface area contributed by atoms with Gasteiger partial charge in [0.25, 0.3) is 0 Å². The van der Waals surface area contributed by atoms with Crippen molar-refractivity contribution in [2.75, 3.05) is 7.05 Å². The molecule has 0 saturated carbocycles. The van der Waals surface area contributed by atoms with E-state index in [1.807, 2.05) is 30.3 Å². The smallest absolute Gasteiger partial charge is 0.247 e. The molecular formula is C15H18BrClN2O2. The van der Waals surface area contributed by atoms with Crippen molar-refractivity contribution in [1.82, 2.24) is 4.90 Å². The van der Waals surface area contributed by atoms with Gasteiger partial charge >= 0.3 is 0 Å². The molecule has 1 atom stereocenters. The van der Waals surface area contributed by atoms with E-state index in [1.54, 1.807) is 31.2 Å². The lowest BCUT2D eigenvalue weighted by molar-refractivity contribution is -0.136. The van der Waals surface area contributed by atoms with E-state index in [1.165, 1.54) is 0 Å². The predicted molar refractivity (Wildman–Crippen MR) is 88.1 cm³/mol. The first kappa shape index (κ1) is 17.8. The van der Waals surface area contributed by atoms with Crippen LogP contribution in [-0.4, -0.2) is 17.9 Å². The van der Waals surface area contributed by atoms with Gasteiger partial charge in [0.2, 0.25) is 5.91 Å². The van der Waals surface area contributed by atoms with E-state index in [9.17, 15) is 4.79 Å². The highest BCUT2D eigenvalue weighted by Crippen LogP contribution is 2.23. The van der Waals surface area contributed by atoms with Gasteiger partial charge in [0, 0.05) is 11.5 Å². The third kappa shape index (κ3) is 4.09. The van der Waals surface area contributed by atoms with Gasteiger partial charge in [0.15, 0.2) is 0 Å². The molecule has 1 aromatic carbocycles. The molecule has 0 radical (unpaired) electrons. The van der Waals surface area contributed by atoms with Gasteiger partial charge in [-0.2, -0.15) is 0 Å². The molecule has 0 saturated heterocycles. The molecule has 21 heavy (non-hydrogen) atoms. The molecule has 0 spiro atoms. The summed E-state index contributed by atoms with van der Waals surface area (Å²) in [7, 11) is 1.72. The van der Waals surface area contributed by atoms with Crippen LogP contribution in [0.1, 0.15) is 18.2 Å². The molecule has 2 rings (SSSR count). The number of hydrogen-bond donors (Lipinski definition) is 1. The summed E-state index contributed by atoms with van der Waals surface area (Å²) in [6, 6.07) is 11.1. The molecule has 0 fully saturated rings. The average Bonchev–Trinajstić information content (AvgIpc) is 2.91. The fourth-order valence-electron chi connectivity index (χ4n) is 2.02. The first-order valence-electron chi connectivity index (χ1n) is 6.24. The molecular weight excluding hydrogens is 356 g/mol. The van der Waals surface area contributed by atoms with Crippen molar-refractivity contribution >= 4 is 34.2 Å². The van der Waals surface area contributed by atoms with Crippen LogP contribution in [0, 0.1) is 0 Å². The van der Waals surface area contributed by atoms with Crippen molar-refractivity contribution < 1.29 is 9.21 Å². The number of benzene rings is 1. The first-order chi connectivity index (χ1) is 9.41. The van der Waals surface area contributed by atoms with Crippen LogP contribution in [0.25, 0.3) is 0 Å². The minimum Gasteiger partial charge on any atom is -0.467 e. The Kier molecular flexibility index (Phi) is 6.01. The number of carbonyl (C=O) groups excluding carboxylic acids is 1. The lowest BCUT2D eigenvalue weighted by atomic mass is 9.92. The zero-order valence-corrected chi connectivity index (χ0v) is 14.3. The quantitative estimate of drug-likeness (QED) is 0.894. The van der Waals surface area contributed by atoms with E-state index in [0.717, 1.165) is 15.8 Å². The Morgan fingerprint density at radius 2 is 1.95 bits per heavy atom. The van der Waals surface area contributed by atoms with Crippen LogP contribution in [0.3, 0.4) is 0 Å². The van der Waals surface area contributed by atoms with Crippen LogP contribution in [-0.2, 0) is 16.9 Å². The van der Waals surface area contributed by atoms with Crippen LogP contribution in [0.4, 0.5) is 0 Å². The molecule has 1 unspecified atom stereocenters. The third-order valence-corrected chi connectivity index (χ3v) is 3.74. The maximum absolute atomic E-state index is 12.5. The maximum Gasteiger partial charge on any atom is 0.247 e. The lowest BCUT2D eigenvalue weighted by Crippen LogP contribution is -2.49. The molecule has 6 heteroatoms. The molecule has 2 aromatic rings. The van der Waals surface area contributed by atoms with Crippen LogP contribution in [0.5, 0.6) is 0 Å². The number of furan rings is 1. The van der Waals surface area contributed by atoms with E-state index in [4.69, 9.17) is 10.2 Å². The average molecular weight is 374 g/mol. The summed E-state index contributed by atoms with van der Waals surface area (Å²) >= 11 is 3.37. The molecule has 0 aliphatic rings. The predicted octanol–water partition coefficient (Wildman–Crippen LogP) is 3.30. The normalized spacial score (nSPS) is 13.1. The Bertz CT molecular complexity index is 582. The summed E-state index contributed by atoms with van der Waals surface area (Å²) in [6.45, 7) is 2.12. The van der Waals surface area contributed by atoms with Crippen molar-refractivity contribution in [2.24, 2.45) is 5.73 Å². The van der Waals surface area contributed by atoms with E-state index in [2.05, 4.69) is 15.9 Å². The SMILES string of the molecule is CN(Cc1ccco1)C(=O)C(C)(N)c1ccc(Br)cc1.Cl. The second-order valence-corrected chi connectivity index (χ2v) is 5.87. The largest absolute Gasteiger partial charge is 0.467 e. The molecule has 0 bridgehead atoms. The monoisotopic (exact) mass is 372 g/mol. The molecule has 4 nitrogen and oxygen atoms in total. The Morgan fingerprint density at radius 1 is 1.33 bits per heavy atom. The van der Waals surface area contributed by atoms with Gasteiger partial charge < -0.3 is 15.1 Å². The minimum absolute atomic E-state index is 0. The van der Waals surface area contributed by atoms with Gasteiger partial charge in [-0.3, -0.25) is 4.79 Å². The van der Waals surface area contributed by atoms with E-state index in [-0.39, 0.29) is 18.3 Å². The molecule has 1 amide bonds. The zero-order chi connectivity index (χ0) is 14.8.